The van der Waals surface area contributed by atoms with Crippen LogP contribution in [-0.4, -0.2) is 55.0 Å². The highest BCUT2D eigenvalue weighted by Gasteiger charge is 2.29. The van der Waals surface area contributed by atoms with Crippen molar-refractivity contribution in [2.45, 2.75) is 63.5 Å². The van der Waals surface area contributed by atoms with Gasteiger partial charge in [-0.3, -0.25) is 4.79 Å². The topological polar surface area (TPSA) is 49.6 Å². The minimum absolute atomic E-state index is 0.183. The first kappa shape index (κ1) is 15.8. The number of likely N-dealkylation sites (N-methyl/N-ethyl adjacent to an activating group) is 1. The van der Waals surface area contributed by atoms with Crippen LogP contribution in [-0.2, 0) is 4.79 Å². The molecule has 2 aliphatic rings. The molecule has 4 heteroatoms. The van der Waals surface area contributed by atoms with E-state index in [0.29, 0.717) is 12.0 Å². The van der Waals surface area contributed by atoms with E-state index >= 15 is 0 Å². The lowest BCUT2D eigenvalue weighted by atomic mass is 9.84. The van der Waals surface area contributed by atoms with E-state index in [0.717, 1.165) is 25.9 Å². The summed E-state index contributed by atoms with van der Waals surface area (Å²) in [6, 6.07) is 0.216. The van der Waals surface area contributed by atoms with Crippen molar-refractivity contribution in [1.29, 1.82) is 0 Å². The molecule has 0 bridgehead atoms. The van der Waals surface area contributed by atoms with Crippen molar-refractivity contribution in [2.75, 3.05) is 27.2 Å². The van der Waals surface area contributed by atoms with Gasteiger partial charge >= 0.3 is 0 Å². The lowest BCUT2D eigenvalue weighted by Gasteiger charge is -2.37. The number of rotatable bonds is 4. The van der Waals surface area contributed by atoms with E-state index in [-0.39, 0.29) is 11.9 Å². The third kappa shape index (κ3) is 4.19. The number of carbonyl (C=O) groups is 1. The summed E-state index contributed by atoms with van der Waals surface area (Å²) in [6.07, 6.45) is 9.70. The number of hydrogen-bond donors (Lipinski definition) is 1. The predicted molar refractivity (Wildman–Crippen MR) is 82.5 cm³/mol. The van der Waals surface area contributed by atoms with Crippen LogP contribution < -0.4 is 5.73 Å². The van der Waals surface area contributed by atoms with E-state index in [1.807, 2.05) is 4.90 Å². The highest BCUT2D eigenvalue weighted by Crippen LogP contribution is 2.27. The van der Waals surface area contributed by atoms with Crippen molar-refractivity contribution in [3.8, 4) is 0 Å². The van der Waals surface area contributed by atoms with Gasteiger partial charge in [0, 0.05) is 19.1 Å². The van der Waals surface area contributed by atoms with Crippen molar-refractivity contribution in [3.05, 3.63) is 0 Å². The van der Waals surface area contributed by atoms with Crippen molar-refractivity contribution in [1.82, 2.24) is 9.80 Å². The first-order chi connectivity index (χ1) is 9.58. The van der Waals surface area contributed by atoms with Gasteiger partial charge in [-0.05, 0) is 39.3 Å². The molecule has 2 N–H and O–H groups in total. The Morgan fingerprint density at radius 1 is 1.20 bits per heavy atom. The number of nitrogens with zero attached hydrogens (tertiary/aromatic N) is 2. The molecule has 1 saturated carbocycles. The molecule has 0 aromatic heterocycles. The van der Waals surface area contributed by atoms with Gasteiger partial charge in [0.25, 0.3) is 0 Å². The first-order valence-electron chi connectivity index (χ1n) is 8.28. The summed E-state index contributed by atoms with van der Waals surface area (Å²) in [5, 5.41) is 0. The summed E-state index contributed by atoms with van der Waals surface area (Å²) in [5.41, 5.74) is 6.20. The smallest absolute Gasteiger partial charge is 0.239 e. The van der Waals surface area contributed by atoms with Crippen LogP contribution in [0.15, 0.2) is 0 Å². The third-order valence-corrected chi connectivity index (χ3v) is 5.07. The average Bonchev–Trinajstić information content (AvgIpc) is 2.47. The molecule has 2 unspecified atom stereocenters. The van der Waals surface area contributed by atoms with E-state index in [1.54, 1.807) is 0 Å². The quantitative estimate of drug-likeness (QED) is 0.855. The monoisotopic (exact) mass is 281 g/mol. The zero-order chi connectivity index (χ0) is 14.5. The molecule has 2 rings (SSSR count). The SMILES string of the molecule is CN(C)C1CCCN(C(=O)C(N)CC2CCCCC2)C1. The highest BCUT2D eigenvalue weighted by molar-refractivity contribution is 5.81. The zero-order valence-corrected chi connectivity index (χ0v) is 13.2. The molecule has 1 heterocycles. The maximum atomic E-state index is 12.5. The van der Waals surface area contributed by atoms with Crippen molar-refractivity contribution >= 4 is 5.91 Å². The summed E-state index contributed by atoms with van der Waals surface area (Å²) in [4.78, 5) is 16.8. The maximum Gasteiger partial charge on any atom is 0.239 e. The molecule has 0 spiro atoms. The van der Waals surface area contributed by atoms with Crippen LogP contribution >= 0.6 is 0 Å². The molecule has 20 heavy (non-hydrogen) atoms. The van der Waals surface area contributed by atoms with Crippen molar-refractivity contribution < 1.29 is 4.79 Å². The minimum atomic E-state index is -0.279. The Kier molecular flexibility index (Phi) is 5.85. The molecule has 2 atom stereocenters. The lowest BCUT2D eigenvalue weighted by Crippen LogP contribution is -2.52. The molecule has 0 aromatic carbocycles. The van der Waals surface area contributed by atoms with Gasteiger partial charge in [0.15, 0.2) is 0 Å². The fourth-order valence-corrected chi connectivity index (χ4v) is 3.69. The second-order valence-electron chi connectivity index (χ2n) is 6.89. The molecule has 0 aromatic rings. The summed E-state index contributed by atoms with van der Waals surface area (Å²) in [6.45, 7) is 1.74. The summed E-state index contributed by atoms with van der Waals surface area (Å²) in [7, 11) is 4.20. The molecule has 116 valence electrons. The van der Waals surface area contributed by atoms with Crippen LogP contribution in [0.5, 0.6) is 0 Å². The van der Waals surface area contributed by atoms with Crippen molar-refractivity contribution in [2.24, 2.45) is 11.7 Å². The normalized spacial score (nSPS) is 26.8. The molecule has 1 saturated heterocycles. The fourth-order valence-electron chi connectivity index (χ4n) is 3.69. The Hall–Kier alpha value is -0.610. The van der Waals surface area contributed by atoms with E-state index in [1.165, 1.54) is 38.5 Å². The average molecular weight is 281 g/mol. The second-order valence-corrected chi connectivity index (χ2v) is 6.89. The van der Waals surface area contributed by atoms with Crippen LogP contribution in [0.1, 0.15) is 51.4 Å². The van der Waals surface area contributed by atoms with E-state index in [4.69, 9.17) is 5.73 Å². The molecule has 2 fully saturated rings. The lowest BCUT2D eigenvalue weighted by molar-refractivity contribution is -0.135. The largest absolute Gasteiger partial charge is 0.340 e. The number of carbonyl (C=O) groups excluding carboxylic acids is 1. The van der Waals surface area contributed by atoms with Gasteiger partial charge in [0.05, 0.1) is 6.04 Å². The van der Waals surface area contributed by atoms with Crippen LogP contribution in [0.2, 0.25) is 0 Å². The molecular weight excluding hydrogens is 250 g/mol. The van der Waals surface area contributed by atoms with Crippen LogP contribution in [0.4, 0.5) is 0 Å². The number of piperidine rings is 1. The van der Waals surface area contributed by atoms with Gasteiger partial charge in [-0.1, -0.05) is 32.1 Å². The molecule has 1 aliphatic heterocycles. The van der Waals surface area contributed by atoms with Gasteiger partial charge < -0.3 is 15.5 Å². The number of nitrogens with two attached hydrogens (primary N) is 1. The Morgan fingerprint density at radius 3 is 2.55 bits per heavy atom. The van der Waals surface area contributed by atoms with E-state index in [9.17, 15) is 4.79 Å². The Balaban J connectivity index is 1.82. The molecule has 0 radical (unpaired) electrons. The van der Waals surface area contributed by atoms with E-state index in [2.05, 4.69) is 19.0 Å². The molecule has 1 amide bonds. The number of amides is 1. The van der Waals surface area contributed by atoms with Gasteiger partial charge in [0.1, 0.15) is 0 Å². The molecule has 1 aliphatic carbocycles. The number of hydrogen-bond acceptors (Lipinski definition) is 3. The van der Waals surface area contributed by atoms with E-state index < -0.39 is 0 Å². The zero-order valence-electron chi connectivity index (χ0n) is 13.2. The second kappa shape index (κ2) is 7.41. The summed E-state index contributed by atoms with van der Waals surface area (Å²) < 4.78 is 0. The first-order valence-corrected chi connectivity index (χ1v) is 8.28. The van der Waals surface area contributed by atoms with Crippen LogP contribution in [0.25, 0.3) is 0 Å². The Bertz CT molecular complexity index is 313. The minimum Gasteiger partial charge on any atom is -0.340 e. The summed E-state index contributed by atoms with van der Waals surface area (Å²) in [5.74, 6) is 0.860. The third-order valence-electron chi connectivity index (χ3n) is 5.07. The Labute approximate surface area is 123 Å². The van der Waals surface area contributed by atoms with Gasteiger partial charge in [0.2, 0.25) is 5.91 Å². The van der Waals surface area contributed by atoms with Crippen LogP contribution in [0.3, 0.4) is 0 Å². The standard InChI is InChI=1S/C16H31N3O/c1-18(2)14-9-6-10-19(12-14)16(20)15(17)11-13-7-4-3-5-8-13/h13-15H,3-12,17H2,1-2H3. The van der Waals surface area contributed by atoms with Crippen molar-refractivity contribution in [3.63, 3.8) is 0 Å². The highest BCUT2D eigenvalue weighted by atomic mass is 16.2. The predicted octanol–water partition coefficient (Wildman–Crippen LogP) is 1.84. The molecular formula is C16H31N3O. The fraction of sp³-hybridized carbons (Fsp3) is 0.938. The van der Waals surface area contributed by atoms with Gasteiger partial charge in [-0.15, -0.1) is 0 Å². The molecule has 4 nitrogen and oxygen atoms in total. The summed E-state index contributed by atoms with van der Waals surface area (Å²) >= 11 is 0. The Morgan fingerprint density at radius 2 is 1.90 bits per heavy atom. The number of likely N-dealkylation sites (tertiary alicyclic amines) is 1. The maximum absolute atomic E-state index is 12.5. The van der Waals surface area contributed by atoms with Crippen LogP contribution in [0, 0.1) is 5.92 Å². The van der Waals surface area contributed by atoms with Gasteiger partial charge in [-0.2, -0.15) is 0 Å². The van der Waals surface area contributed by atoms with Gasteiger partial charge in [-0.25, -0.2) is 0 Å².